The summed E-state index contributed by atoms with van der Waals surface area (Å²) < 4.78 is 5.37. The summed E-state index contributed by atoms with van der Waals surface area (Å²) >= 11 is 7.68. The third-order valence-corrected chi connectivity index (χ3v) is 5.92. The molecule has 1 heterocycles. The number of amides is 1. The number of ether oxygens (including phenoxy) is 1. The Morgan fingerprint density at radius 2 is 2.04 bits per heavy atom. The van der Waals surface area contributed by atoms with E-state index in [2.05, 4.69) is 5.32 Å². The van der Waals surface area contributed by atoms with Gasteiger partial charge < -0.3 is 10.1 Å². The van der Waals surface area contributed by atoms with Crippen LogP contribution in [-0.4, -0.2) is 29.3 Å². The molecule has 8 heteroatoms. The van der Waals surface area contributed by atoms with Crippen molar-refractivity contribution < 1.29 is 14.5 Å². The minimum Gasteiger partial charge on any atom is -0.381 e. The van der Waals surface area contributed by atoms with Gasteiger partial charge in [0.2, 0.25) is 0 Å². The van der Waals surface area contributed by atoms with Crippen molar-refractivity contribution in [1.82, 2.24) is 0 Å². The number of anilines is 1. The second-order valence-corrected chi connectivity index (χ2v) is 7.92. The van der Waals surface area contributed by atoms with Gasteiger partial charge in [0.15, 0.2) is 0 Å². The number of hydrogen-bond acceptors (Lipinski definition) is 5. The molecule has 142 valence electrons. The van der Waals surface area contributed by atoms with Crippen molar-refractivity contribution in [3.05, 3.63) is 68.7 Å². The first kappa shape index (κ1) is 19.7. The lowest BCUT2D eigenvalue weighted by atomic mass is 10.1. The summed E-state index contributed by atoms with van der Waals surface area (Å²) in [4.78, 5) is 23.1. The van der Waals surface area contributed by atoms with Crippen LogP contribution >= 0.6 is 23.4 Å². The van der Waals surface area contributed by atoms with Crippen molar-refractivity contribution in [2.24, 2.45) is 0 Å². The fourth-order valence-corrected chi connectivity index (χ4v) is 4.14. The standard InChI is InChI=1S/C19H19ClN2O4S/c20-14-4-5-17(18(11-14)22(24)25)19(23)21-15-3-1-2-13(10-15)12-27-16-6-8-26-9-7-16/h1-5,10-11,16H,6-9,12H2,(H,21,23). The Bertz CT molecular complexity index is 840. The number of nitrogens with zero attached hydrogens (tertiary/aromatic N) is 1. The van der Waals surface area contributed by atoms with Gasteiger partial charge in [0.25, 0.3) is 11.6 Å². The van der Waals surface area contributed by atoms with E-state index < -0.39 is 10.8 Å². The maximum absolute atomic E-state index is 12.5. The molecule has 27 heavy (non-hydrogen) atoms. The van der Waals surface area contributed by atoms with E-state index in [1.807, 2.05) is 30.0 Å². The van der Waals surface area contributed by atoms with Gasteiger partial charge in [-0.1, -0.05) is 23.7 Å². The zero-order valence-corrected chi connectivity index (χ0v) is 16.1. The van der Waals surface area contributed by atoms with Crippen molar-refractivity contribution >= 4 is 40.6 Å². The molecule has 0 atom stereocenters. The number of halogens is 1. The fraction of sp³-hybridized carbons (Fsp3) is 0.316. The van der Waals surface area contributed by atoms with Gasteiger partial charge in [-0.15, -0.1) is 0 Å². The predicted octanol–water partition coefficient (Wildman–Crippen LogP) is 4.91. The molecule has 3 rings (SSSR count). The van der Waals surface area contributed by atoms with Gasteiger partial charge >= 0.3 is 0 Å². The molecule has 1 aliphatic heterocycles. The average Bonchev–Trinajstić information content (AvgIpc) is 2.67. The molecule has 0 bridgehead atoms. The minimum atomic E-state index is -0.609. The number of nitrogens with one attached hydrogen (secondary N) is 1. The summed E-state index contributed by atoms with van der Waals surface area (Å²) in [7, 11) is 0. The van der Waals surface area contributed by atoms with Gasteiger partial charge in [0.05, 0.1) is 4.92 Å². The molecule has 1 amide bonds. The molecule has 2 aromatic carbocycles. The second-order valence-electron chi connectivity index (χ2n) is 6.20. The lowest BCUT2D eigenvalue weighted by Crippen LogP contribution is -2.17. The molecule has 0 spiro atoms. The van der Waals surface area contributed by atoms with E-state index in [1.54, 1.807) is 6.07 Å². The molecule has 0 saturated carbocycles. The zero-order valence-electron chi connectivity index (χ0n) is 14.5. The van der Waals surface area contributed by atoms with Gasteiger partial charge in [-0.2, -0.15) is 11.8 Å². The lowest BCUT2D eigenvalue weighted by molar-refractivity contribution is -0.385. The molecular formula is C19H19ClN2O4S. The molecule has 1 saturated heterocycles. The molecule has 0 radical (unpaired) electrons. The number of carbonyl (C=O) groups excluding carboxylic acids is 1. The van der Waals surface area contributed by atoms with Crippen LogP contribution in [0.3, 0.4) is 0 Å². The highest BCUT2D eigenvalue weighted by Gasteiger charge is 2.21. The molecule has 0 aromatic heterocycles. The van der Waals surface area contributed by atoms with Crippen molar-refractivity contribution in [2.75, 3.05) is 18.5 Å². The minimum absolute atomic E-state index is 0.0219. The van der Waals surface area contributed by atoms with E-state index in [0.29, 0.717) is 10.9 Å². The summed E-state index contributed by atoms with van der Waals surface area (Å²) in [6.45, 7) is 1.63. The topological polar surface area (TPSA) is 81.5 Å². The van der Waals surface area contributed by atoms with Crippen LogP contribution < -0.4 is 5.32 Å². The van der Waals surface area contributed by atoms with Crippen LogP contribution in [0.25, 0.3) is 0 Å². The Balaban J connectivity index is 1.67. The molecule has 0 aliphatic carbocycles. The van der Waals surface area contributed by atoms with E-state index in [-0.39, 0.29) is 16.3 Å². The summed E-state index contributed by atoms with van der Waals surface area (Å²) in [6, 6.07) is 11.5. The van der Waals surface area contributed by atoms with Crippen molar-refractivity contribution in [2.45, 2.75) is 23.8 Å². The Kier molecular flexibility index (Phi) is 6.71. The summed E-state index contributed by atoms with van der Waals surface area (Å²) in [6.07, 6.45) is 2.11. The highest BCUT2D eigenvalue weighted by molar-refractivity contribution is 7.99. The number of hydrogen-bond donors (Lipinski definition) is 1. The molecule has 1 N–H and O–H groups in total. The monoisotopic (exact) mass is 406 g/mol. The average molecular weight is 407 g/mol. The normalized spacial score (nSPS) is 14.7. The first-order valence-electron chi connectivity index (χ1n) is 8.56. The SMILES string of the molecule is O=C(Nc1cccc(CSC2CCOCC2)c1)c1ccc(Cl)cc1[N+](=O)[O-]. The zero-order chi connectivity index (χ0) is 19.2. The predicted molar refractivity (Wildman–Crippen MR) is 108 cm³/mol. The first-order chi connectivity index (χ1) is 13.0. The maximum atomic E-state index is 12.5. The lowest BCUT2D eigenvalue weighted by Gasteiger charge is -2.21. The van der Waals surface area contributed by atoms with E-state index in [1.165, 1.54) is 18.2 Å². The molecule has 1 aliphatic rings. The number of thioether (sulfide) groups is 1. The molecule has 2 aromatic rings. The number of benzene rings is 2. The quantitative estimate of drug-likeness (QED) is 0.544. The molecular weight excluding hydrogens is 388 g/mol. The first-order valence-corrected chi connectivity index (χ1v) is 9.99. The van der Waals surface area contributed by atoms with Gasteiger partial charge in [-0.25, -0.2) is 0 Å². The van der Waals surface area contributed by atoms with Crippen LogP contribution in [0.1, 0.15) is 28.8 Å². The van der Waals surface area contributed by atoms with E-state index in [4.69, 9.17) is 16.3 Å². The Hall–Kier alpha value is -2.09. The van der Waals surface area contributed by atoms with E-state index in [0.717, 1.165) is 37.4 Å². The van der Waals surface area contributed by atoms with Gasteiger partial charge in [0.1, 0.15) is 5.56 Å². The van der Waals surface area contributed by atoms with Gasteiger partial charge in [-0.05, 0) is 42.7 Å². The number of nitro benzene ring substituents is 1. The molecule has 1 fully saturated rings. The highest BCUT2D eigenvalue weighted by Crippen LogP contribution is 2.27. The summed E-state index contributed by atoms with van der Waals surface area (Å²) in [5.41, 5.74) is 1.36. The van der Waals surface area contributed by atoms with E-state index >= 15 is 0 Å². The van der Waals surface area contributed by atoms with Gasteiger partial charge in [-0.3, -0.25) is 14.9 Å². The van der Waals surface area contributed by atoms with Crippen LogP contribution in [0.15, 0.2) is 42.5 Å². The van der Waals surface area contributed by atoms with Crippen molar-refractivity contribution in [3.63, 3.8) is 0 Å². The number of rotatable bonds is 6. The second kappa shape index (κ2) is 9.21. The van der Waals surface area contributed by atoms with Crippen LogP contribution in [0.5, 0.6) is 0 Å². The fourth-order valence-electron chi connectivity index (χ4n) is 2.84. The highest BCUT2D eigenvalue weighted by atomic mass is 35.5. The van der Waals surface area contributed by atoms with Gasteiger partial charge in [0, 0.05) is 41.0 Å². The molecule has 0 unspecified atom stereocenters. The van der Waals surface area contributed by atoms with Crippen LogP contribution in [0.2, 0.25) is 5.02 Å². The van der Waals surface area contributed by atoms with Crippen LogP contribution in [0.4, 0.5) is 11.4 Å². The van der Waals surface area contributed by atoms with E-state index in [9.17, 15) is 14.9 Å². The van der Waals surface area contributed by atoms with Crippen LogP contribution in [-0.2, 0) is 10.5 Å². The Morgan fingerprint density at radius 3 is 2.78 bits per heavy atom. The third kappa shape index (κ3) is 5.45. The summed E-state index contributed by atoms with van der Waals surface area (Å²) in [5, 5.41) is 14.7. The maximum Gasteiger partial charge on any atom is 0.283 e. The largest absolute Gasteiger partial charge is 0.381 e. The van der Waals surface area contributed by atoms with Crippen molar-refractivity contribution in [3.8, 4) is 0 Å². The Labute approximate surface area is 166 Å². The third-order valence-electron chi connectivity index (χ3n) is 4.24. The number of nitro groups is 1. The smallest absolute Gasteiger partial charge is 0.283 e. The Morgan fingerprint density at radius 1 is 1.26 bits per heavy atom. The summed E-state index contributed by atoms with van der Waals surface area (Å²) in [5.74, 6) is 0.308. The van der Waals surface area contributed by atoms with Crippen LogP contribution in [0, 0.1) is 10.1 Å². The number of carbonyl (C=O) groups is 1. The molecule has 6 nitrogen and oxygen atoms in total. The van der Waals surface area contributed by atoms with Crippen molar-refractivity contribution in [1.29, 1.82) is 0 Å².